The molecule has 3 fully saturated rings. The first-order chi connectivity index (χ1) is 21.5. The molecular formula is C23H21O14Si8Ti. The van der Waals surface area contributed by atoms with Crippen LogP contribution >= 0.6 is 0 Å². The Morgan fingerprint density at radius 3 is 1.30 bits per heavy atom. The summed E-state index contributed by atoms with van der Waals surface area (Å²) in [4.78, 5) is 23.6. The first-order valence-corrected chi connectivity index (χ1v) is 25.1. The van der Waals surface area contributed by atoms with Crippen LogP contribution in [0.25, 0.3) is 32.7 Å². The Morgan fingerprint density at radius 2 is 0.891 bits per heavy atom. The first-order valence-electron chi connectivity index (χ1n) is 13.1. The molecule has 4 aromatic rings. The minimum absolute atomic E-state index is 0. The molecule has 23 heteroatoms. The van der Waals surface area contributed by atoms with E-state index in [2.05, 4.69) is 0 Å². The summed E-state index contributed by atoms with van der Waals surface area (Å²) < 4.78 is 53.3. The molecule has 14 nitrogen and oxygen atoms in total. The minimum Gasteiger partial charge on any atom is -0.872 e. The Kier molecular flexibility index (Phi) is 12.4. The average Bonchev–Trinajstić information content (AvgIpc) is 2.94. The molecule has 7 radical (unpaired) electrons. The van der Waals surface area contributed by atoms with Crippen molar-refractivity contribution in [2.24, 2.45) is 0 Å². The molecule has 0 amide bonds. The van der Waals surface area contributed by atoms with Gasteiger partial charge in [0.25, 0.3) is 19.1 Å². The van der Waals surface area contributed by atoms with Gasteiger partial charge in [-0.05, 0) is 52.3 Å². The molecule has 3 aliphatic rings. The van der Waals surface area contributed by atoms with E-state index in [1.807, 2.05) is 68.2 Å². The summed E-state index contributed by atoms with van der Waals surface area (Å²) in [5.74, 6) is -0.237. The predicted molar refractivity (Wildman–Crippen MR) is 160 cm³/mol. The zero-order valence-corrected chi connectivity index (χ0v) is 33.7. The van der Waals surface area contributed by atoms with E-state index in [4.69, 9.17) is 41.2 Å². The van der Waals surface area contributed by atoms with Crippen molar-refractivity contribution in [1.82, 2.24) is 0 Å². The third-order valence-electron chi connectivity index (χ3n) is 5.92. The molecule has 0 spiro atoms. The van der Waals surface area contributed by atoms with Crippen LogP contribution in [-0.2, 0) is 62.9 Å². The molecule has 46 heavy (non-hydrogen) atoms. The quantitative estimate of drug-likeness (QED) is 0.241. The van der Waals surface area contributed by atoms with E-state index in [0.717, 1.165) is 21.5 Å². The van der Waals surface area contributed by atoms with Crippen molar-refractivity contribution in [1.29, 1.82) is 0 Å². The van der Waals surface area contributed by atoms with Gasteiger partial charge in [0, 0.05) is 0 Å². The summed E-state index contributed by atoms with van der Waals surface area (Å²) in [5, 5.41) is 28.6. The number of rotatable bonds is 3. The fourth-order valence-corrected chi connectivity index (χ4v) is 20.3. The minimum atomic E-state index is -3.02. The van der Waals surface area contributed by atoms with Crippen LogP contribution in [0.5, 0.6) is 11.5 Å². The summed E-state index contributed by atoms with van der Waals surface area (Å²) in [7, 11) is -20.5. The molecule has 3 heterocycles. The molecule has 3 saturated heterocycles. The third-order valence-corrected chi connectivity index (χ3v) is 21.0. The van der Waals surface area contributed by atoms with Gasteiger partial charge in [-0.15, -0.1) is 11.5 Å². The summed E-state index contributed by atoms with van der Waals surface area (Å²) in [6.07, 6.45) is 0. The van der Waals surface area contributed by atoms with E-state index in [0.29, 0.717) is 11.1 Å². The monoisotopic (exact) mass is 793 g/mol. The molecule has 0 unspecified atom stereocenters. The molecule has 4 aromatic carbocycles. The Morgan fingerprint density at radius 1 is 0.522 bits per heavy atom. The van der Waals surface area contributed by atoms with Crippen LogP contribution in [0.15, 0.2) is 72.8 Å². The largest absolute Gasteiger partial charge is 4.00 e. The van der Waals surface area contributed by atoms with Gasteiger partial charge in [-0.2, -0.15) is 0 Å². The maximum absolute atomic E-state index is 12.5. The zero-order chi connectivity index (χ0) is 31.7. The van der Waals surface area contributed by atoms with Crippen LogP contribution in [0.4, 0.5) is 0 Å². The van der Waals surface area contributed by atoms with E-state index in [1.54, 1.807) is 24.3 Å². The van der Waals surface area contributed by atoms with Crippen LogP contribution in [0.1, 0.15) is 0 Å². The second kappa shape index (κ2) is 15.7. The second-order valence-corrected chi connectivity index (χ2v) is 26.1. The third kappa shape index (κ3) is 8.95. The SMILES string of the molecule is C[Si](C)(C)O[Si]1O[Si]2O[Si]([O-])O[Si]3O[Si]([O-])O[Si](O[Si](O3)O2)O1.[O-]c1ccc2ccccc2c1-c1c([O-])ccc2ccccc12.[Ti+4]. The van der Waals surface area contributed by atoms with Crippen molar-refractivity contribution in [3.8, 4) is 22.6 Å². The molecule has 233 valence electrons. The number of fused-ring (bicyclic) bond motifs is 5. The van der Waals surface area contributed by atoms with Gasteiger partial charge < -0.3 is 61.0 Å². The van der Waals surface area contributed by atoms with Crippen LogP contribution in [-0.4, -0.2) is 75.0 Å². The van der Waals surface area contributed by atoms with E-state index in [1.165, 1.54) is 0 Å². The summed E-state index contributed by atoms with van der Waals surface area (Å²) in [5.41, 5.74) is 1.000. The van der Waals surface area contributed by atoms with Crippen molar-refractivity contribution >= 4 is 96.6 Å². The van der Waals surface area contributed by atoms with Gasteiger partial charge in [0.05, 0.1) is 0 Å². The predicted octanol–water partition coefficient (Wildman–Crippen LogP) is -0.552. The molecule has 0 aromatic heterocycles. The van der Waals surface area contributed by atoms with Crippen LogP contribution in [0, 0.1) is 0 Å². The van der Waals surface area contributed by atoms with Gasteiger partial charge in [-0.1, -0.05) is 72.8 Å². The fraction of sp³-hybridized carbons (Fsp3) is 0.130. The number of hydrogen-bond donors (Lipinski definition) is 0. The van der Waals surface area contributed by atoms with Crippen molar-refractivity contribution in [3.05, 3.63) is 72.8 Å². The summed E-state index contributed by atoms with van der Waals surface area (Å²) in [6, 6.07) is 22.0. The Hall–Kier alpha value is -1.03. The second-order valence-electron chi connectivity index (χ2n) is 10.2. The molecule has 0 atom stereocenters. The standard InChI is InChI=1S/C20H14O2.C3H9O12Si8.Ti/c21-17-11-9-13-5-1-3-7-15(13)19(17)20-16-8-4-2-6-14(16)10-12-18(20)22;1-23(2,3)15-22-13-19-8-16(4)6-18-7-17(5)9-20(14-22)12-21(10-18)11-19;/h1-12,21-22H;1-3H3;/q;-2;+4/p-2. The topological polar surface area (TPSA) is 185 Å². The molecular weight excluding hydrogens is 773 g/mol. The van der Waals surface area contributed by atoms with Crippen molar-refractivity contribution in [3.63, 3.8) is 0 Å². The van der Waals surface area contributed by atoms with Gasteiger partial charge in [0.1, 0.15) is 0 Å². The van der Waals surface area contributed by atoms with Gasteiger partial charge in [-0.3, -0.25) is 0 Å². The number of hydrogen-bond acceptors (Lipinski definition) is 14. The molecule has 4 bridgehead atoms. The molecule has 0 N–H and O–H groups in total. The number of benzene rings is 4. The van der Waals surface area contributed by atoms with Crippen LogP contribution in [0.2, 0.25) is 19.6 Å². The Balaban J connectivity index is 0.000000177. The van der Waals surface area contributed by atoms with Gasteiger partial charge in [0.2, 0.25) is 0 Å². The fourth-order valence-electron chi connectivity index (χ4n) is 4.24. The van der Waals surface area contributed by atoms with Crippen molar-refractivity contribution in [2.75, 3.05) is 0 Å². The average molecular weight is 794 g/mol. The van der Waals surface area contributed by atoms with Crippen LogP contribution < -0.4 is 19.8 Å². The van der Waals surface area contributed by atoms with Gasteiger partial charge >= 0.3 is 69.4 Å². The maximum atomic E-state index is 12.5. The zero-order valence-electron chi connectivity index (χ0n) is 24.1. The normalized spacial score (nSPS) is 19.8. The first kappa shape index (κ1) is 36.3. The van der Waals surface area contributed by atoms with Crippen LogP contribution in [0.3, 0.4) is 0 Å². The molecule has 0 saturated carbocycles. The van der Waals surface area contributed by atoms with E-state index in [9.17, 15) is 19.8 Å². The Bertz CT molecular complexity index is 1550. The van der Waals surface area contributed by atoms with E-state index >= 15 is 0 Å². The molecule has 3 aliphatic heterocycles. The summed E-state index contributed by atoms with van der Waals surface area (Å²) in [6.45, 7) is 5.78. The smallest absolute Gasteiger partial charge is 0.872 e. The van der Waals surface area contributed by atoms with Gasteiger partial charge in [0.15, 0.2) is 8.32 Å². The van der Waals surface area contributed by atoms with Crippen molar-refractivity contribution in [2.45, 2.75) is 19.6 Å². The summed E-state index contributed by atoms with van der Waals surface area (Å²) >= 11 is 0. The van der Waals surface area contributed by atoms with E-state index in [-0.39, 0.29) is 33.2 Å². The molecule has 7 rings (SSSR count). The van der Waals surface area contributed by atoms with E-state index < -0.39 is 75.0 Å². The van der Waals surface area contributed by atoms with Gasteiger partial charge in [-0.25, -0.2) is 0 Å². The van der Waals surface area contributed by atoms with Crippen molar-refractivity contribution < 1.29 is 82.7 Å². The maximum Gasteiger partial charge on any atom is 4.00 e. The Labute approximate surface area is 292 Å². The molecule has 0 aliphatic carbocycles.